The molecule has 3 aliphatic rings. The van der Waals surface area contributed by atoms with Gasteiger partial charge in [0.05, 0.1) is 11.1 Å². The molecule has 3 aliphatic heterocycles. The number of aliphatic hydroxyl groups is 1. The fraction of sp³-hybridized carbons (Fsp3) is 0.500. The van der Waals surface area contributed by atoms with E-state index in [0.29, 0.717) is 17.7 Å². The van der Waals surface area contributed by atoms with Gasteiger partial charge in [-0.05, 0) is 31.0 Å². The molecule has 4 amide bonds. The van der Waals surface area contributed by atoms with Gasteiger partial charge in [0.1, 0.15) is 6.04 Å². The van der Waals surface area contributed by atoms with Gasteiger partial charge in [-0.3, -0.25) is 29.4 Å². The molecule has 9 heteroatoms. The number of amides is 4. The van der Waals surface area contributed by atoms with Crippen molar-refractivity contribution < 1.29 is 24.3 Å². The summed E-state index contributed by atoms with van der Waals surface area (Å²) in [5, 5.41) is 18.4. The van der Waals surface area contributed by atoms with Gasteiger partial charge in [-0.25, -0.2) is 0 Å². The van der Waals surface area contributed by atoms with Crippen molar-refractivity contribution in [1.29, 1.82) is 0 Å². The number of piperidine rings is 2. The average Bonchev–Trinajstić information content (AvgIpc) is 2.98. The number of nitrogens with one attached hydrogen (secondary N) is 3. The van der Waals surface area contributed by atoms with Crippen LogP contribution in [0.3, 0.4) is 0 Å². The number of rotatable bonds is 5. The summed E-state index contributed by atoms with van der Waals surface area (Å²) in [5.74, 6) is -1.93. The first-order valence-electron chi connectivity index (χ1n) is 9.89. The predicted molar refractivity (Wildman–Crippen MR) is 102 cm³/mol. The van der Waals surface area contributed by atoms with Crippen molar-refractivity contribution in [2.75, 3.05) is 19.7 Å². The van der Waals surface area contributed by atoms with Crippen LogP contribution in [0.25, 0.3) is 0 Å². The molecule has 3 atom stereocenters. The van der Waals surface area contributed by atoms with Gasteiger partial charge in [-0.15, -0.1) is 0 Å². The Morgan fingerprint density at radius 2 is 1.97 bits per heavy atom. The van der Waals surface area contributed by atoms with Gasteiger partial charge in [0.15, 0.2) is 0 Å². The lowest BCUT2D eigenvalue weighted by atomic mass is 9.93. The summed E-state index contributed by atoms with van der Waals surface area (Å²) in [6.45, 7) is 2.02. The Morgan fingerprint density at radius 3 is 2.72 bits per heavy atom. The highest BCUT2D eigenvalue weighted by molar-refractivity contribution is 6.24. The van der Waals surface area contributed by atoms with Gasteiger partial charge in [0, 0.05) is 38.1 Å². The second-order valence-electron chi connectivity index (χ2n) is 7.71. The molecule has 0 aromatic heterocycles. The van der Waals surface area contributed by atoms with E-state index < -0.39 is 29.7 Å². The molecule has 0 bridgehead atoms. The largest absolute Gasteiger partial charge is 0.396 e. The van der Waals surface area contributed by atoms with Crippen molar-refractivity contribution in [3.63, 3.8) is 0 Å². The molecule has 9 nitrogen and oxygen atoms in total. The van der Waals surface area contributed by atoms with E-state index in [1.165, 1.54) is 0 Å². The number of nitrogens with zero attached hydrogens (tertiary/aromatic N) is 1. The maximum Gasteiger partial charge on any atom is 0.262 e. The molecule has 0 saturated carbocycles. The second kappa shape index (κ2) is 8.02. The van der Waals surface area contributed by atoms with Crippen LogP contribution in [-0.2, 0) is 16.1 Å². The molecular formula is C20H24N4O5. The van der Waals surface area contributed by atoms with Crippen molar-refractivity contribution >= 4 is 23.6 Å². The maximum atomic E-state index is 13.1. The molecule has 0 aliphatic carbocycles. The standard InChI is InChI=1S/C20H24N4O5/c25-10-12-8-21-7-6-14(12)22-9-11-2-1-3-13-17(11)20(29)24(19(13)28)15-4-5-16(26)23-18(15)27/h1-3,12,14-15,21-22,25H,4-10H2,(H,23,26,27). The van der Waals surface area contributed by atoms with E-state index in [-0.39, 0.29) is 37.0 Å². The fourth-order valence-electron chi connectivity index (χ4n) is 4.36. The fourth-order valence-corrected chi connectivity index (χ4v) is 4.36. The van der Waals surface area contributed by atoms with E-state index in [1.54, 1.807) is 18.2 Å². The molecule has 1 aromatic rings. The Balaban J connectivity index is 1.55. The number of hydrogen-bond acceptors (Lipinski definition) is 7. The number of fused-ring (bicyclic) bond motifs is 1. The first-order valence-corrected chi connectivity index (χ1v) is 9.89. The third-order valence-corrected chi connectivity index (χ3v) is 5.95. The van der Waals surface area contributed by atoms with E-state index in [0.717, 1.165) is 24.4 Å². The summed E-state index contributed by atoms with van der Waals surface area (Å²) in [7, 11) is 0. The lowest BCUT2D eigenvalue weighted by molar-refractivity contribution is -0.136. The van der Waals surface area contributed by atoms with Crippen LogP contribution < -0.4 is 16.0 Å². The van der Waals surface area contributed by atoms with Gasteiger partial charge in [-0.2, -0.15) is 0 Å². The molecule has 0 spiro atoms. The predicted octanol–water partition coefficient (Wildman–Crippen LogP) is -0.852. The Morgan fingerprint density at radius 1 is 1.14 bits per heavy atom. The first-order chi connectivity index (χ1) is 14.0. The molecule has 154 valence electrons. The van der Waals surface area contributed by atoms with E-state index >= 15 is 0 Å². The van der Waals surface area contributed by atoms with Gasteiger partial charge >= 0.3 is 0 Å². The van der Waals surface area contributed by atoms with Crippen molar-refractivity contribution in [2.45, 2.75) is 37.9 Å². The number of carbonyl (C=O) groups excluding carboxylic acids is 4. The third kappa shape index (κ3) is 3.57. The third-order valence-electron chi connectivity index (χ3n) is 5.95. The van der Waals surface area contributed by atoms with Crippen molar-refractivity contribution in [3.05, 3.63) is 34.9 Å². The average molecular weight is 400 g/mol. The Kier molecular flexibility index (Phi) is 5.44. The van der Waals surface area contributed by atoms with E-state index in [4.69, 9.17) is 0 Å². The highest BCUT2D eigenvalue weighted by Crippen LogP contribution is 2.30. The molecule has 3 heterocycles. The quantitative estimate of drug-likeness (QED) is 0.474. The Hall–Kier alpha value is -2.62. The SMILES string of the molecule is O=C1CCC(N2C(=O)c3cccc(CNC4CCNCC4CO)c3C2=O)C(=O)N1. The van der Waals surface area contributed by atoms with Gasteiger partial charge in [0.2, 0.25) is 11.8 Å². The summed E-state index contributed by atoms with van der Waals surface area (Å²) < 4.78 is 0. The second-order valence-corrected chi connectivity index (χ2v) is 7.71. The van der Waals surface area contributed by atoms with Crippen LogP contribution in [0.5, 0.6) is 0 Å². The summed E-state index contributed by atoms with van der Waals surface area (Å²) in [4.78, 5) is 50.5. The number of imide groups is 2. The minimum Gasteiger partial charge on any atom is -0.396 e. The number of hydrogen-bond donors (Lipinski definition) is 4. The minimum absolute atomic E-state index is 0.0677. The summed E-state index contributed by atoms with van der Waals surface area (Å²) in [6, 6.07) is 4.24. The zero-order valence-corrected chi connectivity index (χ0v) is 15.9. The smallest absolute Gasteiger partial charge is 0.262 e. The zero-order valence-electron chi connectivity index (χ0n) is 15.9. The molecule has 1 aromatic carbocycles. The molecular weight excluding hydrogens is 376 g/mol. The van der Waals surface area contributed by atoms with Gasteiger partial charge < -0.3 is 15.7 Å². The minimum atomic E-state index is -0.968. The van der Waals surface area contributed by atoms with E-state index in [2.05, 4.69) is 16.0 Å². The van der Waals surface area contributed by atoms with Crippen molar-refractivity contribution in [3.8, 4) is 0 Å². The lowest BCUT2D eigenvalue weighted by Gasteiger charge is -2.32. The molecule has 2 saturated heterocycles. The highest BCUT2D eigenvalue weighted by atomic mass is 16.3. The zero-order chi connectivity index (χ0) is 20.5. The van der Waals surface area contributed by atoms with E-state index in [1.807, 2.05) is 0 Å². The summed E-state index contributed by atoms with van der Waals surface area (Å²) in [5.41, 5.74) is 1.28. The van der Waals surface area contributed by atoms with Gasteiger partial charge in [-0.1, -0.05) is 12.1 Å². The summed E-state index contributed by atoms with van der Waals surface area (Å²) in [6.07, 6.45) is 1.09. The maximum absolute atomic E-state index is 13.1. The van der Waals surface area contributed by atoms with Crippen LogP contribution >= 0.6 is 0 Å². The molecule has 4 rings (SSSR count). The number of carbonyl (C=O) groups is 4. The van der Waals surface area contributed by atoms with Crippen LogP contribution in [0.15, 0.2) is 18.2 Å². The van der Waals surface area contributed by atoms with E-state index in [9.17, 15) is 24.3 Å². The molecule has 4 N–H and O–H groups in total. The number of aliphatic hydroxyl groups excluding tert-OH is 1. The van der Waals surface area contributed by atoms with Crippen molar-refractivity contribution in [1.82, 2.24) is 20.9 Å². The Labute approximate surface area is 167 Å². The lowest BCUT2D eigenvalue weighted by Crippen LogP contribution is -2.54. The van der Waals surface area contributed by atoms with Crippen LogP contribution in [0.2, 0.25) is 0 Å². The molecule has 2 fully saturated rings. The molecule has 29 heavy (non-hydrogen) atoms. The topological polar surface area (TPSA) is 128 Å². The normalized spacial score (nSPS) is 27.2. The van der Waals surface area contributed by atoms with Crippen LogP contribution in [0.1, 0.15) is 45.5 Å². The number of benzene rings is 1. The Bertz CT molecular complexity index is 870. The monoisotopic (exact) mass is 400 g/mol. The van der Waals surface area contributed by atoms with Gasteiger partial charge in [0.25, 0.3) is 11.8 Å². The van der Waals surface area contributed by atoms with Crippen molar-refractivity contribution in [2.24, 2.45) is 5.92 Å². The van der Waals surface area contributed by atoms with Crippen LogP contribution in [0, 0.1) is 5.92 Å². The molecule has 3 unspecified atom stereocenters. The first kappa shape index (κ1) is 19.7. The van der Waals surface area contributed by atoms with Crippen LogP contribution in [-0.4, -0.2) is 65.4 Å². The molecule has 0 radical (unpaired) electrons. The highest BCUT2D eigenvalue weighted by Gasteiger charge is 2.45. The summed E-state index contributed by atoms with van der Waals surface area (Å²) >= 11 is 0. The van der Waals surface area contributed by atoms with Crippen LogP contribution in [0.4, 0.5) is 0 Å².